The summed E-state index contributed by atoms with van der Waals surface area (Å²) in [6.07, 6.45) is 2.43. The monoisotopic (exact) mass is 578 g/mol. The third-order valence-electron chi connectivity index (χ3n) is 8.25. The highest BCUT2D eigenvalue weighted by Gasteiger charge is 2.55. The van der Waals surface area contributed by atoms with Gasteiger partial charge in [-0.05, 0) is 67.0 Å². The summed E-state index contributed by atoms with van der Waals surface area (Å²) in [5.41, 5.74) is 0.499. The van der Waals surface area contributed by atoms with E-state index in [2.05, 4.69) is 0 Å². The summed E-state index contributed by atoms with van der Waals surface area (Å²) in [4.78, 5) is 28.1. The summed E-state index contributed by atoms with van der Waals surface area (Å²) >= 11 is 12.6. The number of likely N-dealkylation sites (tertiary alicyclic amines) is 1. The largest absolute Gasteiger partial charge is 0.481 e. The van der Waals surface area contributed by atoms with Crippen molar-refractivity contribution in [3.05, 3.63) is 69.7 Å². The first-order chi connectivity index (χ1) is 18.0. The molecule has 1 N–H and O–H groups in total. The predicted molar refractivity (Wildman–Crippen MR) is 147 cm³/mol. The Hall–Kier alpha value is -2.13. The summed E-state index contributed by atoms with van der Waals surface area (Å²) in [5, 5.41) is 10.9. The van der Waals surface area contributed by atoms with Crippen molar-refractivity contribution in [1.82, 2.24) is 9.21 Å². The van der Waals surface area contributed by atoms with Crippen LogP contribution < -0.4 is 0 Å². The smallest absolute Gasteiger partial charge is 0.304 e. The van der Waals surface area contributed by atoms with Crippen LogP contribution >= 0.6 is 23.2 Å². The van der Waals surface area contributed by atoms with E-state index in [1.165, 1.54) is 4.31 Å². The first-order valence-corrected chi connectivity index (χ1v) is 15.4. The van der Waals surface area contributed by atoms with Gasteiger partial charge in [0.15, 0.2) is 0 Å². The highest BCUT2D eigenvalue weighted by Crippen LogP contribution is 2.54. The number of hydrogen-bond donors (Lipinski definition) is 1. The van der Waals surface area contributed by atoms with Crippen LogP contribution in [0.4, 0.5) is 0 Å². The molecule has 5 rings (SSSR count). The maximum atomic E-state index is 14.4. The van der Waals surface area contributed by atoms with E-state index in [9.17, 15) is 23.1 Å². The number of sulfonamides is 1. The van der Waals surface area contributed by atoms with Crippen LogP contribution in [0.2, 0.25) is 10.0 Å². The number of hydrogen-bond acceptors (Lipinski definition) is 4. The van der Waals surface area contributed by atoms with Crippen LogP contribution in [0, 0.1) is 11.3 Å². The molecule has 0 radical (unpaired) electrons. The van der Waals surface area contributed by atoms with E-state index in [1.54, 1.807) is 30.0 Å². The van der Waals surface area contributed by atoms with Crippen LogP contribution in [0.25, 0.3) is 0 Å². The molecule has 2 saturated heterocycles. The van der Waals surface area contributed by atoms with E-state index in [4.69, 9.17) is 23.2 Å². The Kier molecular flexibility index (Phi) is 7.55. The predicted octanol–water partition coefficient (Wildman–Crippen LogP) is 5.35. The van der Waals surface area contributed by atoms with E-state index in [0.29, 0.717) is 29.6 Å². The molecule has 1 aliphatic carbocycles. The van der Waals surface area contributed by atoms with Crippen molar-refractivity contribution < 1.29 is 23.1 Å². The Bertz CT molecular complexity index is 1330. The molecule has 1 amide bonds. The van der Waals surface area contributed by atoms with Gasteiger partial charge in [0.1, 0.15) is 0 Å². The van der Waals surface area contributed by atoms with Crippen molar-refractivity contribution >= 4 is 45.1 Å². The van der Waals surface area contributed by atoms with Crippen molar-refractivity contribution in [1.29, 1.82) is 0 Å². The molecule has 4 atom stereocenters. The number of carbonyl (C=O) groups is 2. The van der Waals surface area contributed by atoms with Crippen molar-refractivity contribution in [3.8, 4) is 0 Å². The number of carboxylic acid groups (broad SMARTS) is 1. The van der Waals surface area contributed by atoms with Crippen LogP contribution in [0.3, 0.4) is 0 Å². The fraction of sp³-hybridized carbons (Fsp3) is 0.500. The lowest BCUT2D eigenvalue weighted by molar-refractivity contribution is -0.160. The van der Waals surface area contributed by atoms with E-state index < -0.39 is 33.5 Å². The molecule has 3 fully saturated rings. The maximum absolute atomic E-state index is 14.4. The number of piperidine rings is 1. The van der Waals surface area contributed by atoms with Gasteiger partial charge in [-0.2, -0.15) is 0 Å². The molecular formula is C28H32Cl2N2O5S. The van der Waals surface area contributed by atoms with Gasteiger partial charge in [0.25, 0.3) is 0 Å². The SMILES string of the molecule is C[C@]1(CC(=O)O)CC(c2cccc(Cl)c2)[C@@H](c2ccc(Cl)cc2)N([C@H](CS(=O)(=O)N2CCC2)C2CC2)C1=O. The van der Waals surface area contributed by atoms with E-state index in [0.717, 1.165) is 30.4 Å². The van der Waals surface area contributed by atoms with Gasteiger partial charge in [-0.25, -0.2) is 12.7 Å². The van der Waals surface area contributed by atoms with Gasteiger partial charge >= 0.3 is 5.97 Å². The summed E-state index contributed by atoms with van der Waals surface area (Å²) in [5.74, 6) is -1.80. The molecule has 7 nitrogen and oxygen atoms in total. The van der Waals surface area contributed by atoms with Crippen LogP contribution in [0.15, 0.2) is 48.5 Å². The van der Waals surface area contributed by atoms with Crippen molar-refractivity contribution in [2.24, 2.45) is 11.3 Å². The zero-order chi connectivity index (χ0) is 27.2. The number of amides is 1. The van der Waals surface area contributed by atoms with Crippen LogP contribution in [0.1, 0.15) is 62.1 Å². The summed E-state index contributed by atoms with van der Waals surface area (Å²) in [7, 11) is -3.58. The van der Waals surface area contributed by atoms with Crippen LogP contribution in [-0.4, -0.2) is 59.5 Å². The number of aliphatic carboxylic acids is 1. The van der Waals surface area contributed by atoms with Crippen molar-refractivity contribution in [2.75, 3.05) is 18.8 Å². The van der Waals surface area contributed by atoms with E-state index >= 15 is 0 Å². The lowest BCUT2D eigenvalue weighted by atomic mass is 9.67. The Morgan fingerprint density at radius 1 is 1.08 bits per heavy atom. The zero-order valence-corrected chi connectivity index (χ0v) is 23.6. The summed E-state index contributed by atoms with van der Waals surface area (Å²) in [6.45, 7) is 2.69. The molecule has 10 heteroatoms. The third kappa shape index (κ3) is 5.46. The second-order valence-electron chi connectivity index (χ2n) is 11.1. The highest BCUT2D eigenvalue weighted by atomic mass is 35.5. The topological polar surface area (TPSA) is 95.0 Å². The quantitative estimate of drug-likeness (QED) is 0.433. The van der Waals surface area contributed by atoms with E-state index in [1.807, 2.05) is 30.3 Å². The van der Waals surface area contributed by atoms with Crippen molar-refractivity contribution in [3.63, 3.8) is 0 Å². The maximum Gasteiger partial charge on any atom is 0.304 e. The molecular weight excluding hydrogens is 547 g/mol. The number of carbonyl (C=O) groups excluding carboxylic acids is 1. The molecule has 2 heterocycles. The molecule has 3 aliphatic rings. The summed E-state index contributed by atoms with van der Waals surface area (Å²) < 4.78 is 28.3. The van der Waals surface area contributed by atoms with Gasteiger partial charge in [0, 0.05) is 29.1 Å². The third-order valence-corrected chi connectivity index (χ3v) is 10.6. The number of nitrogens with zero attached hydrogens (tertiary/aromatic N) is 2. The molecule has 204 valence electrons. The minimum atomic E-state index is -3.58. The molecule has 38 heavy (non-hydrogen) atoms. The van der Waals surface area contributed by atoms with Crippen molar-refractivity contribution in [2.45, 2.75) is 57.0 Å². The number of rotatable bonds is 9. The van der Waals surface area contributed by atoms with Gasteiger partial charge in [0.2, 0.25) is 15.9 Å². The lowest BCUT2D eigenvalue weighted by Gasteiger charge is -2.52. The van der Waals surface area contributed by atoms with Gasteiger partial charge < -0.3 is 10.0 Å². The molecule has 1 unspecified atom stereocenters. The molecule has 2 aliphatic heterocycles. The minimum absolute atomic E-state index is 0.0389. The standard InChI is InChI=1S/C28H32Cl2N2O5S/c1-28(16-25(33)34)15-23(20-4-2-5-22(30)14-20)26(19-8-10-21(29)11-9-19)32(27(28)35)24(18-6-7-18)17-38(36,37)31-12-3-13-31/h2,4-5,8-11,14,18,23-24,26H,3,6-7,12-13,15-17H2,1H3,(H,33,34)/t23?,24-,26-,28-/m1/s1. The number of benzene rings is 2. The first kappa shape index (κ1) is 27.4. The summed E-state index contributed by atoms with van der Waals surface area (Å²) in [6, 6.07) is 13.6. The highest BCUT2D eigenvalue weighted by molar-refractivity contribution is 7.89. The van der Waals surface area contributed by atoms with E-state index in [-0.39, 0.29) is 29.9 Å². The number of carboxylic acids is 1. The minimum Gasteiger partial charge on any atom is -0.481 e. The molecule has 2 aromatic rings. The Labute approximate surface area is 233 Å². The van der Waals surface area contributed by atoms with Gasteiger partial charge in [0.05, 0.1) is 29.7 Å². The zero-order valence-electron chi connectivity index (χ0n) is 21.2. The van der Waals surface area contributed by atoms with Gasteiger partial charge in [-0.3, -0.25) is 9.59 Å². The second-order valence-corrected chi connectivity index (χ2v) is 14.0. The Morgan fingerprint density at radius 3 is 2.32 bits per heavy atom. The lowest BCUT2D eigenvalue weighted by Crippen LogP contribution is -2.59. The van der Waals surface area contributed by atoms with Gasteiger partial charge in [-0.15, -0.1) is 0 Å². The molecule has 2 aromatic carbocycles. The van der Waals surface area contributed by atoms with Crippen LogP contribution in [0.5, 0.6) is 0 Å². The number of halogens is 2. The first-order valence-electron chi connectivity index (χ1n) is 13.0. The second kappa shape index (κ2) is 10.5. The molecule has 0 spiro atoms. The molecule has 0 aromatic heterocycles. The Balaban J connectivity index is 1.67. The normalized spacial score (nSPS) is 27.1. The van der Waals surface area contributed by atoms with Crippen LogP contribution in [-0.2, 0) is 19.6 Å². The van der Waals surface area contributed by atoms with Gasteiger partial charge in [-0.1, -0.05) is 54.4 Å². The Morgan fingerprint density at radius 2 is 1.76 bits per heavy atom. The fourth-order valence-electron chi connectivity index (χ4n) is 6.06. The molecule has 1 saturated carbocycles. The fourth-order valence-corrected chi connectivity index (χ4v) is 8.27. The molecule has 0 bridgehead atoms. The average Bonchev–Trinajstić information content (AvgIpc) is 3.63. The average molecular weight is 580 g/mol.